The van der Waals surface area contributed by atoms with Crippen LogP contribution in [0.1, 0.15) is 39.6 Å². The smallest absolute Gasteiger partial charge is 0.336 e. The number of fused-ring (bicyclic) bond motifs is 3. The predicted octanol–water partition coefficient (Wildman–Crippen LogP) is 6.17. The fourth-order valence-electron chi connectivity index (χ4n) is 5.06. The van der Waals surface area contributed by atoms with Crippen LogP contribution in [0, 0.1) is 6.92 Å². The highest BCUT2D eigenvalue weighted by atomic mass is 16.5. The van der Waals surface area contributed by atoms with Crippen molar-refractivity contribution < 1.29 is 28.3 Å². The molecule has 5 aromatic rings. The second kappa shape index (κ2) is 8.64. The van der Waals surface area contributed by atoms with Crippen LogP contribution in [0.4, 0.5) is 0 Å². The molecule has 37 heavy (non-hydrogen) atoms. The first-order valence-electron chi connectivity index (χ1n) is 11.7. The van der Waals surface area contributed by atoms with Crippen LogP contribution in [0.25, 0.3) is 33.4 Å². The molecule has 0 aliphatic carbocycles. The van der Waals surface area contributed by atoms with E-state index in [1.165, 1.54) is 12.1 Å². The van der Waals surface area contributed by atoms with Crippen LogP contribution in [-0.2, 0) is 4.79 Å². The number of esters is 1. The highest BCUT2D eigenvalue weighted by molar-refractivity contribution is 6.01. The van der Waals surface area contributed by atoms with E-state index in [4.69, 9.17) is 13.6 Å². The predicted molar refractivity (Wildman–Crippen MR) is 136 cm³/mol. The third-order valence-electron chi connectivity index (χ3n) is 6.65. The molecule has 0 amide bonds. The van der Waals surface area contributed by atoms with Gasteiger partial charge >= 0.3 is 17.6 Å². The SMILES string of the molecule is Cc1cc2oc(=O)cc(-c3ccccc3)c2c2c1[C@@H](c1ccc(-c3ccccc3C(=O)O)o1)CC(=O)O2. The summed E-state index contributed by atoms with van der Waals surface area (Å²) in [6.07, 6.45) is 0.0460. The number of carboxylic acids is 1. The standard InChI is InChI=1S/C30H20O7/c1-16-13-24-28(20(14-25(31)36-24)17-7-3-2-4-8-17)29-27(16)21(15-26(32)37-29)23-12-11-22(35-23)18-9-5-6-10-19(18)30(33)34/h2-14,21H,15H2,1H3,(H,33,34)/t21-/m1/s1. The molecule has 0 spiro atoms. The summed E-state index contributed by atoms with van der Waals surface area (Å²) in [5.41, 5.74) is 3.31. The molecule has 1 aliphatic heterocycles. The van der Waals surface area contributed by atoms with E-state index in [-0.39, 0.29) is 12.0 Å². The second-order valence-electron chi connectivity index (χ2n) is 8.94. The van der Waals surface area contributed by atoms with Gasteiger partial charge in [0.25, 0.3) is 0 Å². The molecule has 0 bridgehead atoms. The summed E-state index contributed by atoms with van der Waals surface area (Å²) in [5, 5.41) is 10.1. The molecule has 182 valence electrons. The molecule has 3 heterocycles. The van der Waals surface area contributed by atoms with Gasteiger partial charge in [0.2, 0.25) is 0 Å². The van der Waals surface area contributed by atoms with Crippen LogP contribution in [0.3, 0.4) is 0 Å². The number of carboxylic acid groups (broad SMARTS) is 1. The van der Waals surface area contributed by atoms with E-state index < -0.39 is 23.5 Å². The first-order chi connectivity index (χ1) is 17.9. The van der Waals surface area contributed by atoms with E-state index in [9.17, 15) is 19.5 Å². The molecular weight excluding hydrogens is 472 g/mol. The summed E-state index contributed by atoms with van der Waals surface area (Å²) in [7, 11) is 0. The molecule has 0 saturated carbocycles. The van der Waals surface area contributed by atoms with Crippen molar-refractivity contribution in [3.05, 3.63) is 112 Å². The minimum absolute atomic E-state index is 0.0460. The topological polar surface area (TPSA) is 107 Å². The average Bonchev–Trinajstić information content (AvgIpc) is 3.38. The van der Waals surface area contributed by atoms with Crippen molar-refractivity contribution in [1.29, 1.82) is 0 Å². The quantitative estimate of drug-likeness (QED) is 0.182. The molecule has 7 heteroatoms. The third-order valence-corrected chi connectivity index (χ3v) is 6.65. The Hall–Kier alpha value is -4.91. The van der Waals surface area contributed by atoms with Crippen molar-refractivity contribution in [3.8, 4) is 28.2 Å². The third kappa shape index (κ3) is 3.81. The Labute approximate surface area is 210 Å². The van der Waals surface area contributed by atoms with Gasteiger partial charge in [0.05, 0.1) is 23.3 Å². The molecule has 0 radical (unpaired) electrons. The molecule has 0 unspecified atom stereocenters. The summed E-state index contributed by atoms with van der Waals surface area (Å²) in [6, 6.07) is 22.6. The van der Waals surface area contributed by atoms with E-state index in [1.807, 2.05) is 37.3 Å². The van der Waals surface area contributed by atoms with Crippen LogP contribution < -0.4 is 10.4 Å². The first-order valence-corrected chi connectivity index (χ1v) is 11.7. The van der Waals surface area contributed by atoms with Crippen molar-refractivity contribution in [2.24, 2.45) is 0 Å². The maximum Gasteiger partial charge on any atom is 0.336 e. The van der Waals surface area contributed by atoms with Gasteiger partial charge in [-0.05, 0) is 42.3 Å². The number of hydrogen-bond acceptors (Lipinski definition) is 6. The van der Waals surface area contributed by atoms with Gasteiger partial charge in [-0.2, -0.15) is 0 Å². The number of carbonyl (C=O) groups is 2. The number of rotatable bonds is 4. The molecule has 1 aliphatic rings. The summed E-state index contributed by atoms with van der Waals surface area (Å²) in [4.78, 5) is 37.0. The Balaban J connectivity index is 1.56. The Bertz CT molecular complexity index is 1760. The molecule has 0 fully saturated rings. The Kier molecular flexibility index (Phi) is 5.26. The maximum absolute atomic E-state index is 12.9. The Morgan fingerprint density at radius 2 is 1.65 bits per heavy atom. The van der Waals surface area contributed by atoms with Crippen molar-refractivity contribution in [2.75, 3.05) is 0 Å². The van der Waals surface area contributed by atoms with Gasteiger partial charge in [-0.1, -0.05) is 48.5 Å². The maximum atomic E-state index is 12.9. The van der Waals surface area contributed by atoms with Gasteiger partial charge in [-0.15, -0.1) is 0 Å². The Morgan fingerprint density at radius 3 is 2.43 bits per heavy atom. The summed E-state index contributed by atoms with van der Waals surface area (Å²) in [5.74, 6) is -0.738. The fourth-order valence-corrected chi connectivity index (χ4v) is 5.06. The minimum atomic E-state index is -1.06. The molecular formula is C30H20O7. The number of furan rings is 1. The number of aryl methyl sites for hydroxylation is 1. The van der Waals surface area contributed by atoms with Gasteiger partial charge in [0.15, 0.2) is 0 Å². The van der Waals surface area contributed by atoms with Crippen molar-refractivity contribution >= 4 is 22.9 Å². The van der Waals surface area contributed by atoms with E-state index >= 15 is 0 Å². The summed E-state index contributed by atoms with van der Waals surface area (Å²) >= 11 is 0. The zero-order valence-electron chi connectivity index (χ0n) is 19.7. The Morgan fingerprint density at radius 1 is 0.892 bits per heavy atom. The first kappa shape index (κ1) is 22.5. The molecule has 1 N–H and O–H groups in total. The lowest BCUT2D eigenvalue weighted by Gasteiger charge is -2.26. The number of aromatic carboxylic acids is 1. The lowest BCUT2D eigenvalue weighted by atomic mass is 9.85. The van der Waals surface area contributed by atoms with Crippen molar-refractivity contribution in [3.63, 3.8) is 0 Å². The lowest BCUT2D eigenvalue weighted by molar-refractivity contribution is -0.135. The summed E-state index contributed by atoms with van der Waals surface area (Å²) < 4.78 is 17.5. The zero-order chi connectivity index (χ0) is 25.7. The highest BCUT2D eigenvalue weighted by Gasteiger charge is 2.35. The summed E-state index contributed by atoms with van der Waals surface area (Å²) in [6.45, 7) is 1.86. The monoisotopic (exact) mass is 492 g/mol. The molecule has 2 aromatic heterocycles. The van der Waals surface area contributed by atoms with Crippen LogP contribution in [-0.4, -0.2) is 17.0 Å². The van der Waals surface area contributed by atoms with E-state index in [1.54, 1.807) is 36.4 Å². The largest absolute Gasteiger partial charge is 0.478 e. The average molecular weight is 492 g/mol. The molecule has 6 rings (SSSR count). The fraction of sp³-hybridized carbons (Fsp3) is 0.100. The van der Waals surface area contributed by atoms with Gasteiger partial charge in [-0.3, -0.25) is 4.79 Å². The van der Waals surface area contributed by atoms with Gasteiger partial charge in [0, 0.05) is 22.8 Å². The van der Waals surface area contributed by atoms with Gasteiger partial charge in [0.1, 0.15) is 22.9 Å². The molecule has 7 nitrogen and oxygen atoms in total. The van der Waals surface area contributed by atoms with E-state index in [0.29, 0.717) is 39.4 Å². The van der Waals surface area contributed by atoms with E-state index in [2.05, 4.69) is 0 Å². The van der Waals surface area contributed by atoms with Crippen LogP contribution in [0.2, 0.25) is 0 Å². The van der Waals surface area contributed by atoms with Crippen LogP contribution >= 0.6 is 0 Å². The molecule has 0 saturated heterocycles. The number of ether oxygens (including phenoxy) is 1. The zero-order valence-corrected chi connectivity index (χ0v) is 19.7. The number of hydrogen-bond donors (Lipinski definition) is 1. The minimum Gasteiger partial charge on any atom is -0.478 e. The van der Waals surface area contributed by atoms with Crippen molar-refractivity contribution in [1.82, 2.24) is 0 Å². The normalized spacial score (nSPS) is 14.8. The molecule has 3 aromatic carbocycles. The van der Waals surface area contributed by atoms with Crippen molar-refractivity contribution in [2.45, 2.75) is 19.3 Å². The van der Waals surface area contributed by atoms with Crippen LogP contribution in [0.5, 0.6) is 5.75 Å². The van der Waals surface area contributed by atoms with Gasteiger partial charge < -0.3 is 18.7 Å². The molecule has 1 atom stereocenters. The number of carbonyl (C=O) groups excluding carboxylic acids is 1. The van der Waals surface area contributed by atoms with Crippen LogP contribution in [0.15, 0.2) is 92.5 Å². The highest BCUT2D eigenvalue weighted by Crippen LogP contribution is 2.47. The van der Waals surface area contributed by atoms with Gasteiger partial charge in [-0.25, -0.2) is 9.59 Å². The number of benzene rings is 3. The second-order valence-corrected chi connectivity index (χ2v) is 8.94. The van der Waals surface area contributed by atoms with E-state index in [0.717, 1.165) is 16.7 Å². The lowest BCUT2D eigenvalue weighted by Crippen LogP contribution is -2.22.